The molecule has 4 rings (SSSR count). The monoisotopic (exact) mass is 466 g/mol. The van der Waals surface area contributed by atoms with E-state index in [2.05, 4.69) is 16.0 Å². The molecule has 3 atom stereocenters. The summed E-state index contributed by atoms with van der Waals surface area (Å²) in [6, 6.07) is 14.1. The van der Waals surface area contributed by atoms with Gasteiger partial charge in [-0.05, 0) is 36.6 Å². The molecule has 2 aliphatic heterocycles. The molecular formula is C25H30N4O5. The Balaban J connectivity index is 1.43. The first kappa shape index (κ1) is 23.6. The highest BCUT2D eigenvalue weighted by atomic mass is 16.5. The first-order chi connectivity index (χ1) is 16.4. The van der Waals surface area contributed by atoms with Crippen LogP contribution in [0.15, 0.2) is 48.5 Å². The Labute approximate surface area is 198 Å². The number of benzene rings is 2. The van der Waals surface area contributed by atoms with Crippen LogP contribution in [-0.2, 0) is 16.1 Å². The highest BCUT2D eigenvalue weighted by Gasteiger charge is 2.39. The molecule has 0 saturated carbocycles. The van der Waals surface area contributed by atoms with Gasteiger partial charge in [-0.25, -0.2) is 4.79 Å². The van der Waals surface area contributed by atoms with Crippen molar-refractivity contribution < 1.29 is 23.9 Å². The molecular weight excluding hydrogens is 436 g/mol. The highest BCUT2D eigenvalue weighted by Crippen LogP contribution is 2.32. The van der Waals surface area contributed by atoms with E-state index >= 15 is 0 Å². The molecule has 9 heteroatoms. The number of hydrogen-bond donors (Lipinski definition) is 3. The van der Waals surface area contributed by atoms with Crippen molar-refractivity contribution in [1.29, 1.82) is 0 Å². The van der Waals surface area contributed by atoms with Crippen LogP contribution >= 0.6 is 0 Å². The molecule has 0 aromatic heterocycles. The number of amides is 4. The number of carbonyl (C=O) groups excluding carboxylic acids is 3. The lowest BCUT2D eigenvalue weighted by molar-refractivity contribution is -0.133. The van der Waals surface area contributed by atoms with Gasteiger partial charge in [-0.2, -0.15) is 0 Å². The number of urea groups is 1. The SMILES string of the molecule is CNC(=O)C[C@H]1CC[C@@H]2[C@H](COc3ccc(NC(=O)NCc4ccccc4)cc3C(=O)N2C)O1. The lowest BCUT2D eigenvalue weighted by Gasteiger charge is -2.42. The minimum Gasteiger partial charge on any atom is -0.490 e. The number of fused-ring (bicyclic) bond motifs is 2. The van der Waals surface area contributed by atoms with Crippen LogP contribution in [0.5, 0.6) is 5.75 Å². The van der Waals surface area contributed by atoms with E-state index in [4.69, 9.17) is 9.47 Å². The van der Waals surface area contributed by atoms with Crippen LogP contribution in [0.25, 0.3) is 0 Å². The number of likely N-dealkylation sites (N-methyl/N-ethyl adjacent to an activating group) is 1. The maximum Gasteiger partial charge on any atom is 0.319 e. The molecule has 2 aliphatic rings. The Hall–Kier alpha value is -3.59. The molecule has 3 N–H and O–H groups in total. The first-order valence-corrected chi connectivity index (χ1v) is 11.4. The molecule has 9 nitrogen and oxygen atoms in total. The van der Waals surface area contributed by atoms with E-state index in [1.807, 2.05) is 30.3 Å². The van der Waals surface area contributed by atoms with E-state index in [-0.39, 0.29) is 49.1 Å². The minimum absolute atomic E-state index is 0.0715. The van der Waals surface area contributed by atoms with Gasteiger partial charge in [0.25, 0.3) is 5.91 Å². The van der Waals surface area contributed by atoms with Crippen molar-refractivity contribution in [3.63, 3.8) is 0 Å². The lowest BCUT2D eigenvalue weighted by Crippen LogP contribution is -2.53. The zero-order chi connectivity index (χ0) is 24.1. The van der Waals surface area contributed by atoms with E-state index in [9.17, 15) is 14.4 Å². The molecule has 0 bridgehead atoms. The Kier molecular flexibility index (Phi) is 7.32. The van der Waals surface area contributed by atoms with Gasteiger partial charge < -0.3 is 30.3 Å². The van der Waals surface area contributed by atoms with Gasteiger partial charge in [0.2, 0.25) is 5.91 Å². The summed E-state index contributed by atoms with van der Waals surface area (Å²) in [6.07, 6.45) is 1.16. The van der Waals surface area contributed by atoms with Crippen molar-refractivity contribution in [2.45, 2.75) is 44.1 Å². The molecule has 34 heavy (non-hydrogen) atoms. The third-order valence-electron chi connectivity index (χ3n) is 6.26. The number of hydrogen-bond acceptors (Lipinski definition) is 5. The van der Waals surface area contributed by atoms with Gasteiger partial charge in [0, 0.05) is 26.3 Å². The molecule has 0 unspecified atom stereocenters. The number of nitrogens with one attached hydrogen (secondary N) is 3. The number of rotatable bonds is 5. The largest absolute Gasteiger partial charge is 0.490 e. The van der Waals surface area contributed by atoms with Gasteiger partial charge >= 0.3 is 6.03 Å². The van der Waals surface area contributed by atoms with Crippen LogP contribution < -0.4 is 20.7 Å². The van der Waals surface area contributed by atoms with Gasteiger partial charge in [0.05, 0.1) is 24.1 Å². The van der Waals surface area contributed by atoms with E-state index < -0.39 is 0 Å². The van der Waals surface area contributed by atoms with Crippen LogP contribution in [-0.4, -0.2) is 61.7 Å². The number of ether oxygens (including phenoxy) is 2. The van der Waals surface area contributed by atoms with Gasteiger partial charge in [-0.3, -0.25) is 9.59 Å². The zero-order valence-electron chi connectivity index (χ0n) is 19.4. The average Bonchev–Trinajstić information content (AvgIpc) is 2.86. The van der Waals surface area contributed by atoms with Crippen LogP contribution in [0.4, 0.5) is 10.5 Å². The Bertz CT molecular complexity index is 1040. The van der Waals surface area contributed by atoms with Crippen LogP contribution in [0.3, 0.4) is 0 Å². The molecule has 0 aliphatic carbocycles. The van der Waals surface area contributed by atoms with Crippen molar-refractivity contribution in [3.05, 3.63) is 59.7 Å². The predicted octanol–water partition coefficient (Wildman–Crippen LogP) is 2.52. The maximum absolute atomic E-state index is 13.3. The van der Waals surface area contributed by atoms with Gasteiger partial charge in [-0.15, -0.1) is 0 Å². The molecule has 4 amide bonds. The first-order valence-electron chi connectivity index (χ1n) is 11.4. The second kappa shape index (κ2) is 10.6. The second-order valence-electron chi connectivity index (χ2n) is 8.55. The zero-order valence-corrected chi connectivity index (χ0v) is 19.4. The van der Waals surface area contributed by atoms with E-state index in [1.165, 1.54) is 0 Å². The fourth-order valence-electron chi connectivity index (χ4n) is 4.37. The van der Waals surface area contributed by atoms with Crippen molar-refractivity contribution in [2.24, 2.45) is 0 Å². The van der Waals surface area contributed by atoms with Crippen LogP contribution in [0.1, 0.15) is 35.2 Å². The van der Waals surface area contributed by atoms with Crippen molar-refractivity contribution in [3.8, 4) is 5.75 Å². The quantitative estimate of drug-likeness (QED) is 0.628. The van der Waals surface area contributed by atoms with E-state index in [0.717, 1.165) is 5.56 Å². The highest BCUT2D eigenvalue weighted by molar-refractivity contribution is 5.99. The minimum atomic E-state index is -0.362. The number of anilines is 1. The van der Waals surface area contributed by atoms with Crippen molar-refractivity contribution in [1.82, 2.24) is 15.5 Å². The van der Waals surface area contributed by atoms with Gasteiger partial charge in [-0.1, -0.05) is 30.3 Å². The Morgan fingerprint density at radius 2 is 1.91 bits per heavy atom. The van der Waals surface area contributed by atoms with E-state index in [1.54, 1.807) is 37.2 Å². The smallest absolute Gasteiger partial charge is 0.319 e. The van der Waals surface area contributed by atoms with E-state index in [0.29, 0.717) is 36.4 Å². The maximum atomic E-state index is 13.3. The molecule has 1 saturated heterocycles. The molecule has 1 fully saturated rings. The Morgan fingerprint density at radius 1 is 1.12 bits per heavy atom. The summed E-state index contributed by atoms with van der Waals surface area (Å²) in [7, 11) is 3.36. The van der Waals surface area contributed by atoms with Crippen molar-refractivity contribution in [2.75, 3.05) is 26.0 Å². The summed E-state index contributed by atoms with van der Waals surface area (Å²) in [5.41, 5.74) is 1.87. The van der Waals surface area contributed by atoms with Crippen LogP contribution in [0, 0.1) is 0 Å². The lowest BCUT2D eigenvalue weighted by atomic mass is 9.94. The Morgan fingerprint density at radius 3 is 2.68 bits per heavy atom. The number of carbonyl (C=O) groups is 3. The third-order valence-corrected chi connectivity index (χ3v) is 6.26. The third kappa shape index (κ3) is 5.48. The normalized spacial score (nSPS) is 21.8. The fourth-order valence-corrected chi connectivity index (χ4v) is 4.37. The number of nitrogens with zero attached hydrogens (tertiary/aromatic N) is 1. The van der Waals surface area contributed by atoms with Crippen LogP contribution in [0.2, 0.25) is 0 Å². The molecule has 180 valence electrons. The summed E-state index contributed by atoms with van der Waals surface area (Å²) >= 11 is 0. The average molecular weight is 467 g/mol. The predicted molar refractivity (Wildman–Crippen MR) is 127 cm³/mol. The summed E-state index contributed by atoms with van der Waals surface area (Å²) in [6.45, 7) is 0.663. The summed E-state index contributed by atoms with van der Waals surface area (Å²) in [5.74, 6) is 0.159. The summed E-state index contributed by atoms with van der Waals surface area (Å²) in [4.78, 5) is 39.1. The second-order valence-corrected chi connectivity index (χ2v) is 8.55. The standard InChI is InChI=1S/C25H30N4O5/c1-26-23(30)13-18-9-10-20-22(34-18)15-33-21-11-8-17(12-19(21)24(31)29(20)2)28-25(32)27-14-16-6-4-3-5-7-16/h3-8,11-12,18,20,22H,9-10,13-15H2,1-2H3,(H,26,30)(H2,27,28,32)/t18-,20-,22+/m1/s1. The summed E-state index contributed by atoms with van der Waals surface area (Å²) < 4.78 is 12.1. The van der Waals surface area contributed by atoms with Gasteiger partial charge in [0.1, 0.15) is 18.5 Å². The molecule has 2 aromatic carbocycles. The molecule has 0 radical (unpaired) electrons. The van der Waals surface area contributed by atoms with Crippen molar-refractivity contribution >= 4 is 23.5 Å². The van der Waals surface area contributed by atoms with Gasteiger partial charge in [0.15, 0.2) is 0 Å². The molecule has 0 spiro atoms. The molecule has 2 heterocycles. The summed E-state index contributed by atoms with van der Waals surface area (Å²) in [5, 5.41) is 8.21. The fraction of sp³-hybridized carbons (Fsp3) is 0.400. The topological polar surface area (TPSA) is 109 Å². The molecule has 2 aromatic rings.